The van der Waals surface area contributed by atoms with Crippen LogP contribution in [0.4, 0.5) is 17.1 Å². The molecule has 3 N–H and O–H groups in total. The summed E-state index contributed by atoms with van der Waals surface area (Å²) in [6.45, 7) is 4.60. The van der Waals surface area contributed by atoms with Gasteiger partial charge < -0.3 is 15.8 Å². The average Bonchev–Trinajstić information content (AvgIpc) is 3.47. The fourth-order valence-electron chi connectivity index (χ4n) is 6.51. The number of hydrogen-bond acceptors (Lipinski definition) is 4. The molecular weight excluding hydrogens is 528 g/mol. The Labute approximate surface area is 250 Å². The summed E-state index contributed by atoms with van der Waals surface area (Å²) in [6.07, 6.45) is 2.04. The Morgan fingerprint density at radius 3 is 2.35 bits per heavy atom. The van der Waals surface area contributed by atoms with E-state index in [1.165, 1.54) is 27.6 Å². The van der Waals surface area contributed by atoms with E-state index in [9.17, 15) is 0 Å². The van der Waals surface area contributed by atoms with E-state index in [0.717, 1.165) is 45.1 Å². The van der Waals surface area contributed by atoms with Crippen molar-refractivity contribution in [3.63, 3.8) is 0 Å². The number of hydrogen-bond donors (Lipinski definition) is 2. The zero-order valence-corrected chi connectivity index (χ0v) is 24.0. The van der Waals surface area contributed by atoms with Crippen LogP contribution in [0.15, 0.2) is 128 Å². The van der Waals surface area contributed by atoms with Crippen molar-refractivity contribution in [3.05, 3.63) is 139 Å². The standard InChI is InChI=1S/C38H30N4O/c1-38(2)31-14-5-3-12-27(31)30-23-40-37(22-32(30)38)42-35-17-8-4-13-28(35)29-19-18-26(21-36(29)42)43-25-11-9-10-24(20-25)41-34-16-7-6-15-33(34)39/h3-23,41H,39H2,1-2H3. The maximum Gasteiger partial charge on any atom is 0.137 e. The lowest BCUT2D eigenvalue weighted by Crippen LogP contribution is -2.15. The summed E-state index contributed by atoms with van der Waals surface area (Å²) < 4.78 is 8.68. The van der Waals surface area contributed by atoms with Gasteiger partial charge in [0.1, 0.15) is 17.3 Å². The minimum Gasteiger partial charge on any atom is -0.457 e. The van der Waals surface area contributed by atoms with Crippen molar-refractivity contribution in [1.29, 1.82) is 0 Å². The average molecular weight is 559 g/mol. The summed E-state index contributed by atoms with van der Waals surface area (Å²) in [5, 5.41) is 5.73. The molecule has 0 unspecified atom stereocenters. The fourth-order valence-corrected chi connectivity index (χ4v) is 6.51. The summed E-state index contributed by atoms with van der Waals surface area (Å²) in [5.74, 6) is 2.38. The first-order valence-electron chi connectivity index (χ1n) is 14.5. The topological polar surface area (TPSA) is 65.1 Å². The molecule has 0 fully saturated rings. The molecule has 43 heavy (non-hydrogen) atoms. The second-order valence-electron chi connectivity index (χ2n) is 11.6. The van der Waals surface area contributed by atoms with Crippen LogP contribution in [0, 0.1) is 0 Å². The SMILES string of the molecule is CC1(C)c2ccccc2-c2cnc(-n3c4ccccc4c4ccc(Oc5cccc(Nc6ccccc6N)c5)cc43)cc21. The molecule has 5 heteroatoms. The van der Waals surface area contributed by atoms with Gasteiger partial charge in [0, 0.05) is 45.8 Å². The van der Waals surface area contributed by atoms with Crippen molar-refractivity contribution in [2.75, 3.05) is 11.1 Å². The number of ether oxygens (including phenoxy) is 1. The summed E-state index contributed by atoms with van der Waals surface area (Å²) in [5.41, 5.74) is 15.8. The molecule has 2 heterocycles. The molecule has 5 aromatic carbocycles. The molecule has 0 atom stereocenters. The lowest BCUT2D eigenvalue weighted by molar-refractivity contribution is 0.483. The number of pyridine rings is 1. The number of anilines is 3. The fraction of sp³-hybridized carbons (Fsp3) is 0.0789. The minimum absolute atomic E-state index is 0.111. The minimum atomic E-state index is -0.111. The van der Waals surface area contributed by atoms with Crippen molar-refractivity contribution >= 4 is 38.9 Å². The van der Waals surface area contributed by atoms with Gasteiger partial charge in [-0.15, -0.1) is 0 Å². The van der Waals surface area contributed by atoms with Gasteiger partial charge >= 0.3 is 0 Å². The second kappa shape index (κ2) is 9.50. The number of aromatic nitrogens is 2. The zero-order chi connectivity index (χ0) is 29.1. The van der Waals surface area contributed by atoms with Crippen molar-refractivity contribution in [2.24, 2.45) is 0 Å². The van der Waals surface area contributed by atoms with Gasteiger partial charge in [0.2, 0.25) is 0 Å². The molecule has 0 spiro atoms. The number of rotatable bonds is 5. The smallest absolute Gasteiger partial charge is 0.137 e. The van der Waals surface area contributed by atoms with E-state index in [0.29, 0.717) is 5.69 Å². The molecule has 7 aromatic rings. The molecule has 1 aliphatic carbocycles. The molecule has 0 saturated carbocycles. The number of nitrogens with one attached hydrogen (secondary N) is 1. The van der Waals surface area contributed by atoms with Crippen LogP contribution in [-0.4, -0.2) is 9.55 Å². The first-order valence-corrected chi connectivity index (χ1v) is 14.5. The predicted molar refractivity (Wildman–Crippen MR) is 177 cm³/mol. The van der Waals surface area contributed by atoms with Gasteiger partial charge in [-0.3, -0.25) is 4.57 Å². The van der Waals surface area contributed by atoms with Gasteiger partial charge in [0.15, 0.2) is 0 Å². The van der Waals surface area contributed by atoms with E-state index in [1.54, 1.807) is 0 Å². The number of nitrogen functional groups attached to an aromatic ring is 1. The molecule has 0 bridgehead atoms. The first-order chi connectivity index (χ1) is 21.0. The van der Waals surface area contributed by atoms with E-state index >= 15 is 0 Å². The highest BCUT2D eigenvalue weighted by Crippen LogP contribution is 2.49. The largest absolute Gasteiger partial charge is 0.457 e. The van der Waals surface area contributed by atoms with Crippen LogP contribution in [0.3, 0.4) is 0 Å². The van der Waals surface area contributed by atoms with Crippen LogP contribution in [-0.2, 0) is 5.41 Å². The van der Waals surface area contributed by atoms with E-state index in [2.05, 4.69) is 90.5 Å². The molecule has 0 radical (unpaired) electrons. The summed E-state index contributed by atoms with van der Waals surface area (Å²) in [6, 6.07) is 41.4. The van der Waals surface area contributed by atoms with E-state index in [-0.39, 0.29) is 5.41 Å². The van der Waals surface area contributed by atoms with Gasteiger partial charge in [-0.25, -0.2) is 4.98 Å². The van der Waals surface area contributed by atoms with Crippen molar-refractivity contribution in [2.45, 2.75) is 19.3 Å². The Morgan fingerprint density at radius 2 is 1.44 bits per heavy atom. The molecule has 0 amide bonds. The maximum atomic E-state index is 6.43. The van der Waals surface area contributed by atoms with Gasteiger partial charge in [-0.1, -0.05) is 74.5 Å². The molecule has 5 nitrogen and oxygen atoms in total. The summed E-state index contributed by atoms with van der Waals surface area (Å²) >= 11 is 0. The van der Waals surface area contributed by atoms with Crippen molar-refractivity contribution < 1.29 is 4.74 Å². The highest BCUT2D eigenvalue weighted by atomic mass is 16.5. The number of nitrogens with two attached hydrogens (primary N) is 1. The van der Waals surface area contributed by atoms with Crippen molar-refractivity contribution in [1.82, 2.24) is 9.55 Å². The lowest BCUT2D eigenvalue weighted by Gasteiger charge is -2.22. The predicted octanol–water partition coefficient (Wildman–Crippen LogP) is 9.60. The third-order valence-corrected chi connectivity index (χ3v) is 8.64. The highest BCUT2D eigenvalue weighted by Gasteiger charge is 2.36. The quantitative estimate of drug-likeness (QED) is 0.206. The highest BCUT2D eigenvalue weighted by molar-refractivity contribution is 6.09. The van der Waals surface area contributed by atoms with Crippen LogP contribution in [0.25, 0.3) is 38.8 Å². The van der Waals surface area contributed by atoms with E-state index < -0.39 is 0 Å². The van der Waals surface area contributed by atoms with Gasteiger partial charge in [-0.05, 0) is 65.2 Å². The maximum absolute atomic E-state index is 6.43. The molecule has 0 aliphatic heterocycles. The Hall–Kier alpha value is -5.55. The van der Waals surface area contributed by atoms with Crippen LogP contribution < -0.4 is 15.8 Å². The van der Waals surface area contributed by atoms with Gasteiger partial charge in [-0.2, -0.15) is 0 Å². The molecule has 1 aliphatic rings. The molecule has 8 rings (SSSR count). The molecule has 208 valence electrons. The van der Waals surface area contributed by atoms with Gasteiger partial charge in [0.25, 0.3) is 0 Å². The number of nitrogens with zero attached hydrogens (tertiary/aromatic N) is 2. The summed E-state index contributed by atoms with van der Waals surface area (Å²) in [4.78, 5) is 5.03. The van der Waals surface area contributed by atoms with E-state index in [4.69, 9.17) is 15.5 Å². The molecule has 2 aromatic heterocycles. The Bertz CT molecular complexity index is 2190. The Balaban J connectivity index is 1.21. The number of para-hydroxylation sites is 3. The Kier molecular flexibility index (Phi) is 5.56. The lowest BCUT2D eigenvalue weighted by atomic mass is 9.83. The van der Waals surface area contributed by atoms with Crippen molar-refractivity contribution in [3.8, 4) is 28.4 Å². The monoisotopic (exact) mass is 558 g/mol. The normalized spacial score (nSPS) is 13.2. The first kappa shape index (κ1) is 25.2. The van der Waals surface area contributed by atoms with Crippen LogP contribution >= 0.6 is 0 Å². The van der Waals surface area contributed by atoms with E-state index in [1.807, 2.05) is 60.8 Å². The van der Waals surface area contributed by atoms with Gasteiger partial charge in [0.05, 0.1) is 22.4 Å². The second-order valence-corrected chi connectivity index (χ2v) is 11.6. The third-order valence-electron chi connectivity index (χ3n) is 8.64. The third kappa shape index (κ3) is 4.04. The summed E-state index contributed by atoms with van der Waals surface area (Å²) in [7, 11) is 0. The van der Waals surface area contributed by atoms with Crippen LogP contribution in [0.1, 0.15) is 25.0 Å². The number of fused-ring (bicyclic) bond motifs is 6. The molecule has 0 saturated heterocycles. The number of benzene rings is 5. The van der Waals surface area contributed by atoms with Crippen LogP contribution in [0.2, 0.25) is 0 Å². The molecular formula is C38H30N4O. The Morgan fingerprint density at radius 1 is 0.674 bits per heavy atom. The van der Waals surface area contributed by atoms with Crippen LogP contribution in [0.5, 0.6) is 11.5 Å². The zero-order valence-electron chi connectivity index (χ0n) is 24.0.